The van der Waals surface area contributed by atoms with Gasteiger partial charge in [0, 0.05) is 6.42 Å². The molecule has 1 rings (SSSR count). The number of hydrogen-bond acceptors (Lipinski definition) is 6. The molecule has 6 nitrogen and oxygen atoms in total. The minimum Gasteiger partial charge on any atom is -0.497 e. The van der Waals surface area contributed by atoms with Crippen molar-refractivity contribution >= 4 is 7.82 Å². The third-order valence-electron chi connectivity index (χ3n) is 2.84. The van der Waals surface area contributed by atoms with Crippen molar-refractivity contribution in [1.82, 2.24) is 0 Å². The van der Waals surface area contributed by atoms with Gasteiger partial charge in [-0.05, 0) is 38.0 Å². The SMILES string of the molecule is CCOP(=O)(OCC)OC(CCC#N)c1ccc(OC)cc1. The molecule has 0 aliphatic carbocycles. The largest absolute Gasteiger partial charge is 0.497 e. The first-order valence-corrected chi connectivity index (χ1v) is 8.63. The van der Waals surface area contributed by atoms with Crippen molar-refractivity contribution in [1.29, 1.82) is 5.26 Å². The van der Waals surface area contributed by atoms with Gasteiger partial charge in [-0.3, -0.25) is 13.6 Å². The fraction of sp³-hybridized carbons (Fsp3) is 0.533. The Morgan fingerprint density at radius 2 is 1.77 bits per heavy atom. The molecular formula is C15H22NO5P. The summed E-state index contributed by atoms with van der Waals surface area (Å²) in [4.78, 5) is 0. The van der Waals surface area contributed by atoms with Crippen molar-refractivity contribution in [2.24, 2.45) is 0 Å². The molecule has 1 aromatic rings. The molecule has 0 saturated carbocycles. The van der Waals surface area contributed by atoms with Crippen LogP contribution in [-0.2, 0) is 18.1 Å². The first kappa shape index (κ1) is 18.7. The lowest BCUT2D eigenvalue weighted by Gasteiger charge is -2.23. The highest BCUT2D eigenvalue weighted by Gasteiger charge is 2.30. The molecule has 0 spiro atoms. The second kappa shape index (κ2) is 9.60. The van der Waals surface area contributed by atoms with Crippen molar-refractivity contribution < 1.29 is 22.9 Å². The van der Waals surface area contributed by atoms with Gasteiger partial charge in [-0.1, -0.05) is 12.1 Å². The molecule has 22 heavy (non-hydrogen) atoms. The summed E-state index contributed by atoms with van der Waals surface area (Å²) in [6.07, 6.45) is 0.122. The van der Waals surface area contributed by atoms with Gasteiger partial charge in [0.2, 0.25) is 0 Å². The molecule has 122 valence electrons. The van der Waals surface area contributed by atoms with Crippen molar-refractivity contribution in [3.63, 3.8) is 0 Å². The summed E-state index contributed by atoms with van der Waals surface area (Å²) >= 11 is 0. The molecule has 0 saturated heterocycles. The van der Waals surface area contributed by atoms with Gasteiger partial charge in [0.15, 0.2) is 0 Å². The van der Waals surface area contributed by atoms with Gasteiger partial charge in [-0.25, -0.2) is 4.57 Å². The van der Waals surface area contributed by atoms with E-state index in [-0.39, 0.29) is 19.6 Å². The molecule has 0 heterocycles. The minimum atomic E-state index is -3.64. The molecule has 0 bridgehead atoms. The third-order valence-corrected chi connectivity index (χ3v) is 4.50. The highest BCUT2D eigenvalue weighted by Crippen LogP contribution is 2.53. The number of hydrogen-bond donors (Lipinski definition) is 0. The van der Waals surface area contributed by atoms with Gasteiger partial charge in [-0.2, -0.15) is 5.26 Å². The molecule has 0 N–H and O–H groups in total. The predicted molar refractivity (Wildman–Crippen MR) is 82.5 cm³/mol. The molecule has 0 aliphatic heterocycles. The molecule has 1 unspecified atom stereocenters. The average molecular weight is 327 g/mol. The maximum atomic E-state index is 12.5. The number of nitrogens with zero attached hydrogens (tertiary/aromatic N) is 1. The first-order valence-electron chi connectivity index (χ1n) is 7.17. The highest BCUT2D eigenvalue weighted by molar-refractivity contribution is 7.48. The van der Waals surface area contributed by atoms with Gasteiger partial charge in [-0.15, -0.1) is 0 Å². The van der Waals surface area contributed by atoms with Crippen LogP contribution in [0, 0.1) is 11.3 Å². The summed E-state index contributed by atoms with van der Waals surface area (Å²) in [5.74, 6) is 0.709. The Balaban J connectivity index is 2.95. The molecular weight excluding hydrogens is 305 g/mol. The standard InChI is InChI=1S/C15H22NO5P/c1-4-19-22(17,20-5-2)21-15(7-6-12-16)13-8-10-14(18-3)11-9-13/h8-11,15H,4-7H2,1-3H3. The van der Waals surface area contributed by atoms with E-state index in [0.29, 0.717) is 12.2 Å². The lowest BCUT2D eigenvalue weighted by Crippen LogP contribution is -2.07. The first-order chi connectivity index (χ1) is 10.6. The summed E-state index contributed by atoms with van der Waals surface area (Å²) in [6.45, 7) is 3.86. The van der Waals surface area contributed by atoms with E-state index in [1.165, 1.54) is 0 Å². The smallest absolute Gasteiger partial charge is 0.475 e. The van der Waals surface area contributed by atoms with E-state index in [1.807, 2.05) is 12.1 Å². The van der Waals surface area contributed by atoms with E-state index < -0.39 is 13.9 Å². The number of rotatable bonds is 10. The van der Waals surface area contributed by atoms with E-state index in [0.717, 1.165) is 5.56 Å². The van der Waals surface area contributed by atoms with Crippen LogP contribution in [0.25, 0.3) is 0 Å². The third kappa shape index (κ3) is 5.78. The topological polar surface area (TPSA) is 77.8 Å². The fourth-order valence-corrected chi connectivity index (χ4v) is 3.23. The molecule has 1 atom stereocenters. The molecule has 0 fully saturated rings. The van der Waals surface area contributed by atoms with Crippen LogP contribution in [0.2, 0.25) is 0 Å². The minimum absolute atomic E-state index is 0.213. The van der Waals surface area contributed by atoms with Crippen molar-refractivity contribution in [2.45, 2.75) is 32.8 Å². The zero-order valence-corrected chi connectivity index (χ0v) is 14.0. The van der Waals surface area contributed by atoms with Crippen molar-refractivity contribution in [3.05, 3.63) is 29.8 Å². The van der Waals surface area contributed by atoms with E-state index in [4.69, 9.17) is 23.6 Å². The normalized spacial score (nSPS) is 12.6. The maximum absolute atomic E-state index is 12.5. The number of methoxy groups -OCH3 is 1. The van der Waals surface area contributed by atoms with Crippen molar-refractivity contribution in [3.8, 4) is 11.8 Å². The highest BCUT2D eigenvalue weighted by atomic mass is 31.2. The maximum Gasteiger partial charge on any atom is 0.475 e. The summed E-state index contributed by atoms with van der Waals surface area (Å²) in [5.41, 5.74) is 0.788. The second-order valence-corrected chi connectivity index (χ2v) is 5.97. The van der Waals surface area contributed by atoms with Gasteiger partial charge in [0.05, 0.1) is 32.5 Å². The molecule has 0 radical (unpaired) electrons. The summed E-state index contributed by atoms with van der Waals surface area (Å²) in [6, 6.07) is 9.25. The second-order valence-electron chi connectivity index (χ2n) is 4.35. The van der Waals surface area contributed by atoms with Gasteiger partial charge >= 0.3 is 7.82 Å². The molecule has 1 aromatic carbocycles. The molecule has 0 amide bonds. The van der Waals surface area contributed by atoms with Crippen LogP contribution in [0.5, 0.6) is 5.75 Å². The van der Waals surface area contributed by atoms with E-state index in [2.05, 4.69) is 6.07 Å². The number of nitriles is 1. The zero-order valence-electron chi connectivity index (χ0n) is 13.2. The van der Waals surface area contributed by atoms with Crippen LogP contribution < -0.4 is 4.74 Å². The van der Waals surface area contributed by atoms with E-state index in [9.17, 15) is 4.57 Å². The van der Waals surface area contributed by atoms with Crippen LogP contribution in [-0.4, -0.2) is 20.3 Å². The Labute approximate surface area is 131 Å². The Morgan fingerprint density at radius 1 is 1.18 bits per heavy atom. The number of ether oxygens (including phenoxy) is 1. The molecule has 7 heteroatoms. The zero-order chi connectivity index (χ0) is 16.4. The van der Waals surface area contributed by atoms with E-state index >= 15 is 0 Å². The van der Waals surface area contributed by atoms with Gasteiger partial charge in [0.1, 0.15) is 5.75 Å². The number of benzene rings is 1. The fourth-order valence-electron chi connectivity index (χ4n) is 1.86. The van der Waals surface area contributed by atoms with Crippen LogP contribution in [0.1, 0.15) is 38.4 Å². The Morgan fingerprint density at radius 3 is 2.23 bits per heavy atom. The Hall–Kier alpha value is -1.38. The van der Waals surface area contributed by atoms with Crippen LogP contribution in [0.15, 0.2) is 24.3 Å². The predicted octanol–water partition coefficient (Wildman–Crippen LogP) is 4.24. The monoisotopic (exact) mass is 327 g/mol. The lowest BCUT2D eigenvalue weighted by atomic mass is 10.1. The van der Waals surface area contributed by atoms with Crippen LogP contribution in [0.4, 0.5) is 0 Å². The summed E-state index contributed by atoms with van der Waals surface area (Å²) in [7, 11) is -2.06. The van der Waals surface area contributed by atoms with Gasteiger partial charge in [0.25, 0.3) is 0 Å². The number of phosphoric ester groups is 1. The van der Waals surface area contributed by atoms with Crippen molar-refractivity contribution in [2.75, 3.05) is 20.3 Å². The van der Waals surface area contributed by atoms with Crippen LogP contribution in [0.3, 0.4) is 0 Å². The van der Waals surface area contributed by atoms with Gasteiger partial charge < -0.3 is 4.74 Å². The lowest BCUT2D eigenvalue weighted by molar-refractivity contribution is 0.0801. The van der Waals surface area contributed by atoms with E-state index in [1.54, 1.807) is 33.1 Å². The Bertz CT molecular complexity index is 516. The van der Waals surface area contributed by atoms with Crippen LogP contribution >= 0.6 is 7.82 Å². The Kier molecular flexibility index (Phi) is 8.15. The molecule has 0 aromatic heterocycles. The quantitative estimate of drug-likeness (QED) is 0.598. The summed E-state index contributed by atoms with van der Waals surface area (Å²) in [5, 5.41) is 8.79. The summed E-state index contributed by atoms with van der Waals surface area (Å²) < 4.78 is 33.5. The molecule has 0 aliphatic rings. The average Bonchev–Trinajstić information content (AvgIpc) is 2.52. The number of phosphoric acid groups is 1.